The van der Waals surface area contributed by atoms with Gasteiger partial charge in [-0.05, 0) is 25.1 Å². The molecule has 1 atom stereocenters. The Balaban J connectivity index is 2.29. The quantitative estimate of drug-likeness (QED) is 0.705. The molecule has 0 saturated carbocycles. The third-order valence-electron chi connectivity index (χ3n) is 3.81. The normalized spacial score (nSPS) is 11.7. The predicted octanol–water partition coefficient (Wildman–Crippen LogP) is 3.22. The number of primary amides is 1. The number of rotatable bonds is 4. The Kier molecular flexibility index (Phi) is 4.63. The zero-order valence-corrected chi connectivity index (χ0v) is 14.9. The van der Waals surface area contributed by atoms with E-state index in [9.17, 15) is 10.1 Å². The second-order valence-electron chi connectivity index (χ2n) is 5.49. The summed E-state index contributed by atoms with van der Waals surface area (Å²) in [6.07, 6.45) is 3.24. The molecule has 1 aromatic carbocycles. The van der Waals surface area contributed by atoms with Crippen LogP contribution in [0.5, 0.6) is 0 Å². The van der Waals surface area contributed by atoms with Crippen molar-refractivity contribution in [3.63, 3.8) is 0 Å². The standard InChI is InChI=1S/C18H14BrN5O/c1-10(18(21)25)23-17-13-6-7-22-9-15(13)24-16(14(17)8-20)11-2-4-12(19)5-3-11/h2-7,9-10H,1H3,(H2,21,25)(H,23,24). The number of fused-ring (bicyclic) bond motifs is 1. The number of halogens is 1. The molecule has 2 aromatic heterocycles. The highest BCUT2D eigenvalue weighted by atomic mass is 79.9. The molecule has 0 fully saturated rings. The van der Waals surface area contributed by atoms with Gasteiger partial charge in [0, 0.05) is 21.6 Å². The van der Waals surface area contributed by atoms with Crippen LogP contribution in [0.15, 0.2) is 47.2 Å². The van der Waals surface area contributed by atoms with Crippen molar-refractivity contribution in [1.82, 2.24) is 9.97 Å². The smallest absolute Gasteiger partial charge is 0.239 e. The van der Waals surface area contributed by atoms with Crippen LogP contribution in [0.25, 0.3) is 22.2 Å². The lowest BCUT2D eigenvalue weighted by atomic mass is 10.0. The first kappa shape index (κ1) is 16.9. The van der Waals surface area contributed by atoms with Gasteiger partial charge in [-0.3, -0.25) is 9.78 Å². The van der Waals surface area contributed by atoms with Gasteiger partial charge in [0.05, 0.1) is 23.1 Å². The van der Waals surface area contributed by atoms with Crippen LogP contribution in [0.1, 0.15) is 12.5 Å². The Morgan fingerprint density at radius 2 is 2.04 bits per heavy atom. The molecular weight excluding hydrogens is 382 g/mol. The van der Waals surface area contributed by atoms with Crippen molar-refractivity contribution < 1.29 is 4.79 Å². The fourth-order valence-corrected chi connectivity index (χ4v) is 2.74. The van der Waals surface area contributed by atoms with E-state index in [1.54, 1.807) is 25.4 Å². The number of benzene rings is 1. The summed E-state index contributed by atoms with van der Waals surface area (Å²) < 4.78 is 0.929. The fourth-order valence-electron chi connectivity index (χ4n) is 2.48. The molecule has 0 aliphatic rings. The van der Waals surface area contributed by atoms with E-state index in [0.717, 1.165) is 10.0 Å². The van der Waals surface area contributed by atoms with Crippen LogP contribution < -0.4 is 11.1 Å². The van der Waals surface area contributed by atoms with Crippen LogP contribution >= 0.6 is 15.9 Å². The van der Waals surface area contributed by atoms with E-state index in [1.807, 2.05) is 24.3 Å². The number of nitrogens with zero attached hydrogens (tertiary/aromatic N) is 3. The Morgan fingerprint density at radius 1 is 1.32 bits per heavy atom. The highest BCUT2D eigenvalue weighted by Gasteiger charge is 2.19. The predicted molar refractivity (Wildman–Crippen MR) is 99.7 cm³/mol. The maximum atomic E-state index is 11.5. The Labute approximate surface area is 152 Å². The van der Waals surface area contributed by atoms with E-state index in [-0.39, 0.29) is 0 Å². The molecule has 0 aliphatic carbocycles. The van der Waals surface area contributed by atoms with Crippen LogP contribution in [0.3, 0.4) is 0 Å². The summed E-state index contributed by atoms with van der Waals surface area (Å²) in [7, 11) is 0. The van der Waals surface area contributed by atoms with Crippen LogP contribution in [0.2, 0.25) is 0 Å². The summed E-state index contributed by atoms with van der Waals surface area (Å²) in [5, 5.41) is 13.5. The number of nitrogens with two attached hydrogens (primary N) is 1. The third-order valence-corrected chi connectivity index (χ3v) is 4.33. The molecule has 25 heavy (non-hydrogen) atoms. The molecule has 3 aromatic rings. The van der Waals surface area contributed by atoms with Gasteiger partial charge < -0.3 is 11.1 Å². The van der Waals surface area contributed by atoms with E-state index in [4.69, 9.17) is 5.73 Å². The summed E-state index contributed by atoms with van der Waals surface area (Å²) in [6, 6.07) is 10.8. The second-order valence-corrected chi connectivity index (χ2v) is 6.41. The van der Waals surface area contributed by atoms with Gasteiger partial charge in [0.2, 0.25) is 5.91 Å². The van der Waals surface area contributed by atoms with Crippen molar-refractivity contribution >= 4 is 38.4 Å². The van der Waals surface area contributed by atoms with Crippen LogP contribution in [0, 0.1) is 11.3 Å². The van der Waals surface area contributed by atoms with Gasteiger partial charge in [-0.15, -0.1) is 0 Å². The van der Waals surface area contributed by atoms with E-state index in [0.29, 0.717) is 27.8 Å². The number of pyridine rings is 2. The third kappa shape index (κ3) is 3.30. The molecule has 0 bridgehead atoms. The largest absolute Gasteiger partial charge is 0.372 e. The van der Waals surface area contributed by atoms with Gasteiger partial charge in [0.25, 0.3) is 0 Å². The number of hydrogen-bond donors (Lipinski definition) is 2. The molecule has 124 valence electrons. The molecule has 0 radical (unpaired) electrons. The average molecular weight is 396 g/mol. The van der Waals surface area contributed by atoms with Crippen molar-refractivity contribution in [2.24, 2.45) is 5.73 Å². The molecule has 6 nitrogen and oxygen atoms in total. The van der Waals surface area contributed by atoms with Crippen molar-refractivity contribution in [3.05, 3.63) is 52.8 Å². The van der Waals surface area contributed by atoms with Crippen LogP contribution in [-0.2, 0) is 4.79 Å². The van der Waals surface area contributed by atoms with E-state index >= 15 is 0 Å². The molecule has 2 heterocycles. The van der Waals surface area contributed by atoms with Gasteiger partial charge in [0.15, 0.2) is 0 Å². The Morgan fingerprint density at radius 3 is 2.68 bits per heavy atom. The molecule has 1 unspecified atom stereocenters. The summed E-state index contributed by atoms with van der Waals surface area (Å²) in [4.78, 5) is 20.2. The summed E-state index contributed by atoms with van der Waals surface area (Å²) in [5.74, 6) is -0.506. The number of carbonyl (C=O) groups excluding carboxylic acids is 1. The highest BCUT2D eigenvalue weighted by Crippen LogP contribution is 2.34. The average Bonchev–Trinajstić information content (AvgIpc) is 2.62. The molecular formula is C18H14BrN5O. The molecule has 3 rings (SSSR count). The number of nitrogens with one attached hydrogen (secondary N) is 1. The Bertz CT molecular complexity index is 995. The number of hydrogen-bond acceptors (Lipinski definition) is 5. The minimum absolute atomic E-state index is 0.356. The molecule has 0 aliphatic heterocycles. The summed E-state index contributed by atoms with van der Waals surface area (Å²) in [5.41, 5.74) is 8.19. The monoisotopic (exact) mass is 395 g/mol. The number of aromatic nitrogens is 2. The van der Waals surface area contributed by atoms with Crippen LogP contribution in [-0.4, -0.2) is 21.9 Å². The number of anilines is 1. The second kappa shape index (κ2) is 6.87. The maximum absolute atomic E-state index is 11.5. The maximum Gasteiger partial charge on any atom is 0.239 e. The van der Waals surface area contributed by atoms with E-state index < -0.39 is 11.9 Å². The minimum atomic E-state index is -0.636. The van der Waals surface area contributed by atoms with Gasteiger partial charge in [0.1, 0.15) is 17.7 Å². The van der Waals surface area contributed by atoms with Crippen molar-refractivity contribution in [2.45, 2.75) is 13.0 Å². The van der Waals surface area contributed by atoms with E-state index in [1.165, 1.54) is 0 Å². The zero-order valence-electron chi connectivity index (χ0n) is 13.3. The first-order chi connectivity index (χ1) is 12.0. The van der Waals surface area contributed by atoms with Gasteiger partial charge in [-0.1, -0.05) is 28.1 Å². The van der Waals surface area contributed by atoms with Gasteiger partial charge in [-0.2, -0.15) is 5.26 Å². The first-order valence-electron chi connectivity index (χ1n) is 7.51. The van der Waals surface area contributed by atoms with Crippen LogP contribution in [0.4, 0.5) is 5.69 Å². The number of carbonyl (C=O) groups is 1. The first-order valence-corrected chi connectivity index (χ1v) is 8.30. The highest BCUT2D eigenvalue weighted by molar-refractivity contribution is 9.10. The van der Waals surface area contributed by atoms with E-state index in [2.05, 4.69) is 37.3 Å². The van der Waals surface area contributed by atoms with Crippen molar-refractivity contribution in [3.8, 4) is 17.3 Å². The summed E-state index contributed by atoms with van der Waals surface area (Å²) in [6.45, 7) is 1.65. The van der Waals surface area contributed by atoms with Gasteiger partial charge >= 0.3 is 0 Å². The SMILES string of the molecule is CC(Nc1c(C#N)c(-c2ccc(Br)cc2)nc2cnccc12)C(N)=O. The summed E-state index contributed by atoms with van der Waals surface area (Å²) >= 11 is 3.40. The Hall–Kier alpha value is -2.98. The molecule has 7 heteroatoms. The zero-order chi connectivity index (χ0) is 18.0. The lowest BCUT2D eigenvalue weighted by molar-refractivity contribution is -0.118. The van der Waals surface area contributed by atoms with Gasteiger partial charge in [-0.25, -0.2) is 4.98 Å². The molecule has 1 amide bonds. The lowest BCUT2D eigenvalue weighted by Crippen LogP contribution is -2.32. The molecule has 3 N–H and O–H groups in total. The molecule has 0 saturated heterocycles. The van der Waals surface area contributed by atoms with Crippen molar-refractivity contribution in [2.75, 3.05) is 5.32 Å². The van der Waals surface area contributed by atoms with Crippen molar-refractivity contribution in [1.29, 1.82) is 5.26 Å². The number of nitriles is 1. The topological polar surface area (TPSA) is 105 Å². The number of amides is 1. The molecule has 0 spiro atoms. The lowest BCUT2D eigenvalue weighted by Gasteiger charge is -2.17. The fraction of sp³-hybridized carbons (Fsp3) is 0.111. The minimum Gasteiger partial charge on any atom is -0.372 e.